The summed E-state index contributed by atoms with van der Waals surface area (Å²) in [5, 5.41) is 13.8. The van der Waals surface area contributed by atoms with Gasteiger partial charge in [-0.05, 0) is 42.7 Å². The maximum absolute atomic E-state index is 9.39. The summed E-state index contributed by atoms with van der Waals surface area (Å²) in [6, 6.07) is 8.16. The molecule has 2 atom stereocenters. The van der Waals surface area contributed by atoms with Gasteiger partial charge in [-0.25, -0.2) is 0 Å². The SMILES string of the molecule is CCSC1CCC(NCc2cccc(O)c2)C1. The molecular weight excluding hydrogens is 230 g/mol. The van der Waals surface area contributed by atoms with Gasteiger partial charge in [0.15, 0.2) is 0 Å². The summed E-state index contributed by atoms with van der Waals surface area (Å²) in [4.78, 5) is 0. The van der Waals surface area contributed by atoms with Crippen molar-refractivity contribution >= 4 is 11.8 Å². The molecule has 1 saturated carbocycles. The van der Waals surface area contributed by atoms with E-state index < -0.39 is 0 Å². The fourth-order valence-corrected chi connectivity index (χ4v) is 3.58. The number of thioether (sulfide) groups is 1. The molecule has 1 fully saturated rings. The molecule has 2 rings (SSSR count). The molecule has 1 aromatic rings. The Balaban J connectivity index is 1.76. The molecule has 0 aliphatic heterocycles. The van der Waals surface area contributed by atoms with Gasteiger partial charge in [-0.2, -0.15) is 11.8 Å². The lowest BCUT2D eigenvalue weighted by molar-refractivity contribution is 0.472. The lowest BCUT2D eigenvalue weighted by Crippen LogP contribution is -2.26. The van der Waals surface area contributed by atoms with Crippen molar-refractivity contribution in [3.05, 3.63) is 29.8 Å². The Labute approximate surface area is 108 Å². The molecular formula is C14H21NOS. The van der Waals surface area contributed by atoms with E-state index in [-0.39, 0.29) is 0 Å². The molecule has 0 bridgehead atoms. The van der Waals surface area contributed by atoms with Gasteiger partial charge in [0.25, 0.3) is 0 Å². The summed E-state index contributed by atoms with van der Waals surface area (Å²) in [6.45, 7) is 3.10. The number of phenols is 1. The van der Waals surface area contributed by atoms with Crippen LogP contribution in [0.1, 0.15) is 31.7 Å². The van der Waals surface area contributed by atoms with Crippen LogP contribution in [0.5, 0.6) is 5.75 Å². The molecule has 0 aromatic heterocycles. The van der Waals surface area contributed by atoms with Crippen LogP contribution in [-0.2, 0) is 6.54 Å². The van der Waals surface area contributed by atoms with Crippen LogP contribution in [0.4, 0.5) is 0 Å². The zero-order valence-corrected chi connectivity index (χ0v) is 11.2. The van der Waals surface area contributed by atoms with Gasteiger partial charge >= 0.3 is 0 Å². The topological polar surface area (TPSA) is 32.3 Å². The highest BCUT2D eigenvalue weighted by atomic mass is 32.2. The molecule has 3 heteroatoms. The third kappa shape index (κ3) is 3.93. The Bertz CT molecular complexity index is 356. The van der Waals surface area contributed by atoms with E-state index in [1.165, 1.54) is 25.0 Å². The molecule has 0 saturated heterocycles. The van der Waals surface area contributed by atoms with Gasteiger partial charge < -0.3 is 10.4 Å². The number of hydrogen-bond acceptors (Lipinski definition) is 3. The first-order valence-corrected chi connectivity index (χ1v) is 7.45. The average molecular weight is 251 g/mol. The summed E-state index contributed by atoms with van der Waals surface area (Å²) >= 11 is 2.09. The second-order valence-corrected chi connectivity index (χ2v) is 6.22. The fourth-order valence-electron chi connectivity index (χ4n) is 2.44. The summed E-state index contributed by atoms with van der Waals surface area (Å²) < 4.78 is 0. The van der Waals surface area contributed by atoms with Gasteiger partial charge in [-0.3, -0.25) is 0 Å². The highest BCUT2D eigenvalue weighted by molar-refractivity contribution is 7.99. The van der Waals surface area contributed by atoms with Gasteiger partial charge in [-0.1, -0.05) is 19.1 Å². The van der Waals surface area contributed by atoms with Crippen molar-refractivity contribution in [1.82, 2.24) is 5.32 Å². The number of aromatic hydroxyl groups is 1. The molecule has 0 amide bonds. The highest BCUT2D eigenvalue weighted by Crippen LogP contribution is 2.29. The van der Waals surface area contributed by atoms with Crippen LogP contribution >= 0.6 is 11.8 Å². The normalized spacial score (nSPS) is 24.1. The Morgan fingerprint density at radius 3 is 3.06 bits per heavy atom. The quantitative estimate of drug-likeness (QED) is 0.843. The predicted octanol–water partition coefficient (Wildman–Crippen LogP) is 3.16. The first-order chi connectivity index (χ1) is 8.28. The van der Waals surface area contributed by atoms with Crippen LogP contribution in [0.15, 0.2) is 24.3 Å². The number of nitrogens with one attached hydrogen (secondary N) is 1. The number of rotatable bonds is 5. The van der Waals surface area contributed by atoms with Crippen molar-refractivity contribution in [2.45, 2.75) is 44.0 Å². The maximum Gasteiger partial charge on any atom is 0.115 e. The average Bonchev–Trinajstić information content (AvgIpc) is 2.75. The first kappa shape index (κ1) is 12.8. The van der Waals surface area contributed by atoms with Crippen LogP contribution in [0, 0.1) is 0 Å². The first-order valence-electron chi connectivity index (χ1n) is 6.41. The Kier molecular flexibility index (Phi) is 4.75. The second kappa shape index (κ2) is 6.31. The lowest BCUT2D eigenvalue weighted by atomic mass is 10.2. The number of benzene rings is 1. The van der Waals surface area contributed by atoms with Gasteiger partial charge in [0, 0.05) is 17.8 Å². The molecule has 2 nitrogen and oxygen atoms in total. The zero-order valence-electron chi connectivity index (χ0n) is 10.4. The minimum atomic E-state index is 0.357. The Morgan fingerprint density at radius 2 is 2.29 bits per heavy atom. The Hall–Kier alpha value is -0.670. The van der Waals surface area contributed by atoms with Crippen molar-refractivity contribution in [2.75, 3.05) is 5.75 Å². The third-order valence-electron chi connectivity index (χ3n) is 3.29. The van der Waals surface area contributed by atoms with Gasteiger partial charge in [0.2, 0.25) is 0 Å². The van der Waals surface area contributed by atoms with E-state index in [9.17, 15) is 5.11 Å². The monoisotopic (exact) mass is 251 g/mol. The fraction of sp³-hybridized carbons (Fsp3) is 0.571. The summed E-state index contributed by atoms with van der Waals surface area (Å²) in [7, 11) is 0. The molecule has 17 heavy (non-hydrogen) atoms. The Morgan fingerprint density at radius 1 is 1.41 bits per heavy atom. The minimum Gasteiger partial charge on any atom is -0.508 e. The lowest BCUT2D eigenvalue weighted by Gasteiger charge is -2.13. The van der Waals surface area contributed by atoms with E-state index in [0.29, 0.717) is 11.8 Å². The van der Waals surface area contributed by atoms with E-state index in [2.05, 4.69) is 30.1 Å². The van der Waals surface area contributed by atoms with E-state index in [1.807, 2.05) is 12.1 Å². The molecule has 94 valence electrons. The molecule has 1 aliphatic carbocycles. The predicted molar refractivity (Wildman–Crippen MR) is 74.5 cm³/mol. The van der Waals surface area contributed by atoms with Gasteiger partial charge in [0.05, 0.1) is 0 Å². The zero-order chi connectivity index (χ0) is 12.1. The molecule has 0 spiro atoms. The molecule has 1 aliphatic rings. The van der Waals surface area contributed by atoms with Crippen molar-refractivity contribution in [3.63, 3.8) is 0 Å². The number of hydrogen-bond donors (Lipinski definition) is 2. The standard InChI is InChI=1S/C14H21NOS/c1-2-17-14-7-6-12(9-14)15-10-11-4-3-5-13(16)8-11/h3-5,8,12,14-16H,2,6-7,9-10H2,1H3. The summed E-state index contributed by atoms with van der Waals surface area (Å²) in [6.07, 6.45) is 3.92. The van der Waals surface area contributed by atoms with Crippen molar-refractivity contribution in [3.8, 4) is 5.75 Å². The van der Waals surface area contributed by atoms with Crippen molar-refractivity contribution in [2.24, 2.45) is 0 Å². The molecule has 0 radical (unpaired) electrons. The molecule has 0 heterocycles. The van der Waals surface area contributed by atoms with E-state index >= 15 is 0 Å². The van der Waals surface area contributed by atoms with E-state index in [4.69, 9.17) is 0 Å². The van der Waals surface area contributed by atoms with Gasteiger partial charge in [-0.15, -0.1) is 0 Å². The van der Waals surface area contributed by atoms with E-state index in [0.717, 1.165) is 17.4 Å². The largest absolute Gasteiger partial charge is 0.508 e. The van der Waals surface area contributed by atoms with Crippen molar-refractivity contribution in [1.29, 1.82) is 0 Å². The van der Waals surface area contributed by atoms with Crippen LogP contribution in [-0.4, -0.2) is 22.2 Å². The third-order valence-corrected chi connectivity index (χ3v) is 4.53. The molecule has 1 aromatic carbocycles. The van der Waals surface area contributed by atoms with E-state index in [1.54, 1.807) is 6.07 Å². The van der Waals surface area contributed by atoms with Crippen LogP contribution in [0.25, 0.3) is 0 Å². The molecule has 2 unspecified atom stereocenters. The summed E-state index contributed by atoms with van der Waals surface area (Å²) in [5.74, 6) is 1.58. The maximum atomic E-state index is 9.39. The van der Waals surface area contributed by atoms with Crippen LogP contribution in [0.2, 0.25) is 0 Å². The molecule has 2 N–H and O–H groups in total. The summed E-state index contributed by atoms with van der Waals surface area (Å²) in [5.41, 5.74) is 1.16. The second-order valence-electron chi connectivity index (χ2n) is 4.64. The smallest absolute Gasteiger partial charge is 0.115 e. The van der Waals surface area contributed by atoms with Gasteiger partial charge in [0.1, 0.15) is 5.75 Å². The number of phenolic OH excluding ortho intramolecular Hbond substituents is 1. The van der Waals surface area contributed by atoms with Crippen molar-refractivity contribution < 1.29 is 5.11 Å². The van der Waals surface area contributed by atoms with Crippen LogP contribution in [0.3, 0.4) is 0 Å². The minimum absolute atomic E-state index is 0.357. The van der Waals surface area contributed by atoms with Crippen LogP contribution < -0.4 is 5.32 Å². The highest BCUT2D eigenvalue weighted by Gasteiger charge is 2.23.